The van der Waals surface area contributed by atoms with Crippen molar-refractivity contribution < 1.29 is 9.18 Å². The largest absolute Gasteiger partial charge is 0.299 e. The Morgan fingerprint density at radius 2 is 1.70 bits per heavy atom. The highest BCUT2D eigenvalue weighted by Crippen LogP contribution is 2.42. The van der Waals surface area contributed by atoms with Crippen LogP contribution in [0.2, 0.25) is 0 Å². The summed E-state index contributed by atoms with van der Waals surface area (Å²) in [6.45, 7) is 6.61. The molecule has 27 heavy (non-hydrogen) atoms. The third kappa shape index (κ3) is 6.14. The number of rotatable bonds is 11. The predicted molar refractivity (Wildman–Crippen MR) is 116 cm³/mol. The molecule has 0 aliphatic carbocycles. The molecule has 0 saturated heterocycles. The van der Waals surface area contributed by atoms with E-state index in [2.05, 4.69) is 20.8 Å². The molecule has 0 unspecified atom stereocenters. The zero-order chi connectivity index (χ0) is 19.6. The van der Waals surface area contributed by atoms with Gasteiger partial charge in [0.05, 0.1) is 0 Å². The highest BCUT2D eigenvalue weighted by molar-refractivity contribution is 7.13. The van der Waals surface area contributed by atoms with Gasteiger partial charge in [-0.2, -0.15) is 0 Å². The highest BCUT2D eigenvalue weighted by atomic mass is 32.1. The molecular weight excluding hydrogens is 355 g/mol. The Morgan fingerprint density at radius 3 is 2.33 bits per heavy atom. The first kappa shape index (κ1) is 21.6. The number of halogens is 1. The lowest BCUT2D eigenvalue weighted by molar-refractivity contribution is -0.104. The molecule has 0 amide bonds. The third-order valence-electron chi connectivity index (χ3n) is 4.80. The van der Waals surface area contributed by atoms with Crippen LogP contribution >= 0.6 is 11.3 Å². The molecule has 0 saturated carbocycles. The molecule has 0 N–H and O–H groups in total. The first-order chi connectivity index (χ1) is 13.1. The smallest absolute Gasteiger partial charge is 0.142 e. The number of aryl methyl sites for hydroxylation is 1. The van der Waals surface area contributed by atoms with Gasteiger partial charge in [-0.15, -0.1) is 11.3 Å². The van der Waals surface area contributed by atoms with Gasteiger partial charge in [0.1, 0.15) is 12.1 Å². The normalized spacial score (nSPS) is 11.6. The number of aldehydes is 1. The van der Waals surface area contributed by atoms with Gasteiger partial charge in [0.15, 0.2) is 0 Å². The second-order valence-electron chi connectivity index (χ2n) is 7.35. The molecule has 0 aliphatic rings. The molecule has 0 atom stereocenters. The summed E-state index contributed by atoms with van der Waals surface area (Å²) in [5.41, 5.74) is 3.33. The van der Waals surface area contributed by atoms with Crippen molar-refractivity contribution in [1.29, 1.82) is 0 Å². The van der Waals surface area contributed by atoms with Gasteiger partial charge in [-0.3, -0.25) is 4.79 Å². The molecule has 1 nitrogen and oxygen atoms in total. The summed E-state index contributed by atoms with van der Waals surface area (Å²) in [5.74, 6) is 0.166. The van der Waals surface area contributed by atoms with E-state index in [1.54, 1.807) is 6.08 Å². The van der Waals surface area contributed by atoms with Crippen LogP contribution < -0.4 is 0 Å². The number of benzene rings is 1. The zero-order valence-corrected chi connectivity index (χ0v) is 17.6. The van der Waals surface area contributed by atoms with Gasteiger partial charge in [-0.1, -0.05) is 65.0 Å². The molecule has 1 heterocycles. The molecule has 2 rings (SSSR count). The van der Waals surface area contributed by atoms with Crippen molar-refractivity contribution in [2.24, 2.45) is 0 Å². The Morgan fingerprint density at radius 1 is 1.04 bits per heavy atom. The van der Waals surface area contributed by atoms with Crippen molar-refractivity contribution in [1.82, 2.24) is 0 Å². The van der Waals surface area contributed by atoms with Crippen LogP contribution in [0.1, 0.15) is 80.5 Å². The topological polar surface area (TPSA) is 17.1 Å². The Labute approximate surface area is 167 Å². The van der Waals surface area contributed by atoms with Gasteiger partial charge in [0.2, 0.25) is 0 Å². The number of hydrogen-bond acceptors (Lipinski definition) is 2. The fraction of sp³-hybridized carbons (Fsp3) is 0.458. The fourth-order valence-corrected chi connectivity index (χ4v) is 4.77. The lowest BCUT2D eigenvalue weighted by Gasteiger charge is -2.08. The van der Waals surface area contributed by atoms with Gasteiger partial charge in [-0.25, -0.2) is 4.39 Å². The molecular formula is C24H31FOS. The fourth-order valence-electron chi connectivity index (χ4n) is 3.42. The summed E-state index contributed by atoms with van der Waals surface area (Å²) >= 11 is 1.85. The predicted octanol–water partition coefficient (Wildman–Crippen LogP) is 7.79. The van der Waals surface area contributed by atoms with E-state index in [9.17, 15) is 9.18 Å². The summed E-state index contributed by atoms with van der Waals surface area (Å²) in [7, 11) is 0. The van der Waals surface area contributed by atoms with Crippen molar-refractivity contribution in [2.45, 2.75) is 71.6 Å². The van der Waals surface area contributed by atoms with Crippen LogP contribution in [0.25, 0.3) is 17.2 Å². The van der Waals surface area contributed by atoms with Crippen LogP contribution in [0.3, 0.4) is 0 Å². The summed E-state index contributed by atoms with van der Waals surface area (Å²) in [4.78, 5) is 13.6. The minimum absolute atomic E-state index is 0.222. The number of thiophene rings is 1. The molecule has 0 bridgehead atoms. The second-order valence-corrected chi connectivity index (χ2v) is 8.49. The van der Waals surface area contributed by atoms with Gasteiger partial charge in [0.25, 0.3) is 0 Å². The minimum atomic E-state index is -0.222. The van der Waals surface area contributed by atoms with E-state index in [1.807, 2.05) is 29.5 Å². The van der Waals surface area contributed by atoms with Crippen LogP contribution in [0.5, 0.6) is 0 Å². The van der Waals surface area contributed by atoms with Crippen LogP contribution in [-0.4, -0.2) is 6.29 Å². The zero-order valence-electron chi connectivity index (χ0n) is 16.8. The summed E-state index contributed by atoms with van der Waals surface area (Å²) in [5, 5.41) is 0. The monoisotopic (exact) mass is 386 g/mol. The first-order valence-electron chi connectivity index (χ1n) is 10.1. The van der Waals surface area contributed by atoms with Crippen LogP contribution in [0.4, 0.5) is 4.39 Å². The maximum atomic E-state index is 13.4. The number of carbonyl (C=O) groups is 1. The summed E-state index contributed by atoms with van der Waals surface area (Å²) in [6, 6.07) is 6.74. The van der Waals surface area contributed by atoms with Gasteiger partial charge in [0, 0.05) is 15.3 Å². The summed E-state index contributed by atoms with van der Waals surface area (Å²) in [6.07, 6.45) is 13.0. The van der Waals surface area contributed by atoms with Gasteiger partial charge < -0.3 is 0 Å². The van der Waals surface area contributed by atoms with E-state index in [1.165, 1.54) is 66.0 Å². The lowest BCUT2D eigenvalue weighted by atomic mass is 9.95. The van der Waals surface area contributed by atoms with Crippen LogP contribution in [0, 0.1) is 5.82 Å². The van der Waals surface area contributed by atoms with Crippen molar-refractivity contribution in [3.63, 3.8) is 0 Å². The molecule has 0 radical (unpaired) electrons. The van der Waals surface area contributed by atoms with Crippen molar-refractivity contribution in [2.75, 3.05) is 0 Å². The van der Waals surface area contributed by atoms with E-state index in [0.29, 0.717) is 5.92 Å². The van der Waals surface area contributed by atoms with E-state index in [-0.39, 0.29) is 5.82 Å². The van der Waals surface area contributed by atoms with E-state index >= 15 is 0 Å². The first-order valence-corrected chi connectivity index (χ1v) is 10.9. The number of allylic oxidation sites excluding steroid dienone is 1. The van der Waals surface area contributed by atoms with Crippen molar-refractivity contribution in [3.05, 3.63) is 51.5 Å². The minimum Gasteiger partial charge on any atom is -0.299 e. The molecule has 146 valence electrons. The highest BCUT2D eigenvalue weighted by Gasteiger charge is 2.19. The number of hydrogen-bond donors (Lipinski definition) is 0. The van der Waals surface area contributed by atoms with E-state index in [0.717, 1.165) is 23.8 Å². The molecule has 0 spiro atoms. The van der Waals surface area contributed by atoms with Crippen molar-refractivity contribution >= 4 is 23.7 Å². The molecule has 0 fully saturated rings. The Hall–Kier alpha value is -1.74. The Kier molecular flexibility index (Phi) is 8.93. The number of carbonyl (C=O) groups excluding carboxylic acids is 1. The lowest BCUT2D eigenvalue weighted by Crippen LogP contribution is -1.90. The van der Waals surface area contributed by atoms with Gasteiger partial charge in [-0.05, 0) is 54.2 Å². The van der Waals surface area contributed by atoms with E-state index in [4.69, 9.17) is 0 Å². The Balaban J connectivity index is 2.34. The van der Waals surface area contributed by atoms with Crippen molar-refractivity contribution in [3.8, 4) is 11.1 Å². The standard InChI is InChI=1S/C24H31FOS/c1-4-5-6-7-8-9-12-22-23(19-13-15-20(25)16-14-19)21(11-10-17-26)24(27-22)18(2)3/h10-11,13-18H,4-9,12H2,1-3H3/b11-10+. The average molecular weight is 387 g/mol. The van der Waals surface area contributed by atoms with Crippen LogP contribution in [-0.2, 0) is 11.2 Å². The number of unbranched alkanes of at least 4 members (excludes halogenated alkanes) is 5. The SMILES string of the molecule is CCCCCCCCc1sc(C(C)C)c(/C=C/C=O)c1-c1ccc(F)cc1. The summed E-state index contributed by atoms with van der Waals surface area (Å²) < 4.78 is 13.4. The quantitative estimate of drug-likeness (QED) is 0.219. The molecule has 1 aromatic heterocycles. The third-order valence-corrected chi connectivity index (χ3v) is 6.37. The second kappa shape index (κ2) is 11.2. The molecule has 2 aromatic rings. The maximum absolute atomic E-state index is 13.4. The van der Waals surface area contributed by atoms with E-state index < -0.39 is 0 Å². The van der Waals surface area contributed by atoms with Crippen LogP contribution in [0.15, 0.2) is 30.3 Å². The maximum Gasteiger partial charge on any atom is 0.142 e. The molecule has 0 aliphatic heterocycles. The molecule has 1 aromatic carbocycles. The average Bonchev–Trinajstić information content (AvgIpc) is 3.02. The molecule has 3 heteroatoms. The van der Waals surface area contributed by atoms with Gasteiger partial charge >= 0.3 is 0 Å². The Bertz CT molecular complexity index is 740.